The molecule has 0 radical (unpaired) electrons. The van der Waals surface area contributed by atoms with E-state index in [1.807, 2.05) is 30.3 Å². The zero-order chi connectivity index (χ0) is 29.9. The molecule has 0 spiro atoms. The van der Waals surface area contributed by atoms with E-state index in [1.54, 1.807) is 24.3 Å². The first-order valence-corrected chi connectivity index (χ1v) is 13.8. The Balaban J connectivity index is 1.41. The van der Waals surface area contributed by atoms with Crippen LogP contribution in [0.2, 0.25) is 0 Å². The number of carbonyl (C=O) groups excluding carboxylic acids is 1. The number of hydrogen-bond donors (Lipinski definition) is 3. The summed E-state index contributed by atoms with van der Waals surface area (Å²) in [6.07, 6.45) is 4.02. The summed E-state index contributed by atoms with van der Waals surface area (Å²) in [5, 5.41) is 13.9. The minimum absolute atomic E-state index is 0.0147. The smallest absolute Gasteiger partial charge is 0.324 e. The molecule has 1 aliphatic carbocycles. The molecule has 9 heteroatoms. The molecule has 4 N–H and O–H groups in total. The number of pyridine rings is 1. The highest BCUT2D eigenvalue weighted by molar-refractivity contribution is 6.11. The molecule has 0 unspecified atom stereocenters. The van der Waals surface area contributed by atoms with Crippen molar-refractivity contribution in [2.24, 2.45) is 5.92 Å². The molecule has 1 heterocycles. The van der Waals surface area contributed by atoms with Gasteiger partial charge in [0, 0.05) is 25.1 Å². The first-order chi connectivity index (χ1) is 20.2. The van der Waals surface area contributed by atoms with E-state index < -0.39 is 34.5 Å². The lowest BCUT2D eigenvalue weighted by Gasteiger charge is -2.36. The fourth-order valence-electron chi connectivity index (χ4n) is 5.87. The van der Waals surface area contributed by atoms with Crippen molar-refractivity contribution in [1.29, 1.82) is 0 Å². The van der Waals surface area contributed by atoms with E-state index >= 15 is 0 Å². The van der Waals surface area contributed by atoms with E-state index in [-0.39, 0.29) is 29.4 Å². The molecule has 0 amide bonds. The van der Waals surface area contributed by atoms with Gasteiger partial charge < -0.3 is 10.8 Å². The molecule has 1 saturated carbocycles. The van der Waals surface area contributed by atoms with Crippen molar-refractivity contribution in [3.8, 4) is 5.69 Å². The minimum Gasteiger partial charge on any atom is -0.480 e. The lowest BCUT2D eigenvalue weighted by Crippen LogP contribution is -2.58. The maximum absolute atomic E-state index is 14.3. The van der Waals surface area contributed by atoms with Crippen LogP contribution in [0.1, 0.15) is 52.7 Å². The van der Waals surface area contributed by atoms with E-state index in [0.717, 1.165) is 59.6 Å². The van der Waals surface area contributed by atoms with Crippen molar-refractivity contribution in [2.45, 2.75) is 44.2 Å². The highest BCUT2D eigenvalue weighted by Gasteiger charge is 2.46. The topological polar surface area (TPSA) is 114 Å². The number of carboxylic acids is 1. The lowest BCUT2D eigenvalue weighted by molar-refractivity contribution is -0.147. The van der Waals surface area contributed by atoms with Gasteiger partial charge in [0.2, 0.25) is 0 Å². The Labute approximate surface area is 241 Å². The van der Waals surface area contributed by atoms with Gasteiger partial charge in [-0.2, -0.15) is 0 Å². The molecule has 42 heavy (non-hydrogen) atoms. The Kier molecular flexibility index (Phi) is 8.31. The van der Waals surface area contributed by atoms with E-state index in [2.05, 4.69) is 5.32 Å². The summed E-state index contributed by atoms with van der Waals surface area (Å²) in [5.41, 5.74) is 6.24. The van der Waals surface area contributed by atoms with Crippen molar-refractivity contribution in [2.75, 3.05) is 5.73 Å². The van der Waals surface area contributed by atoms with Gasteiger partial charge in [-0.25, -0.2) is 8.78 Å². The molecular formula is C33H31F2N3O4. The fourth-order valence-corrected chi connectivity index (χ4v) is 5.87. The van der Waals surface area contributed by atoms with Crippen LogP contribution in [0.25, 0.3) is 5.69 Å². The number of halogens is 2. The Morgan fingerprint density at radius 1 is 0.905 bits per heavy atom. The molecule has 4 aromatic rings. The number of nitrogens with zero attached hydrogens (tertiary/aromatic N) is 1. The zero-order valence-corrected chi connectivity index (χ0v) is 22.9. The van der Waals surface area contributed by atoms with E-state index in [4.69, 9.17) is 5.73 Å². The Morgan fingerprint density at radius 2 is 1.57 bits per heavy atom. The van der Waals surface area contributed by atoms with Crippen LogP contribution in [0.5, 0.6) is 0 Å². The van der Waals surface area contributed by atoms with E-state index in [9.17, 15) is 28.3 Å². The fraction of sp³-hybridized carbons (Fsp3) is 0.242. The molecule has 7 nitrogen and oxygen atoms in total. The van der Waals surface area contributed by atoms with E-state index in [0.29, 0.717) is 18.2 Å². The van der Waals surface area contributed by atoms with Crippen LogP contribution in [0.3, 0.4) is 0 Å². The van der Waals surface area contributed by atoms with Gasteiger partial charge in [0.1, 0.15) is 23.0 Å². The predicted molar refractivity (Wildman–Crippen MR) is 156 cm³/mol. The van der Waals surface area contributed by atoms with Crippen molar-refractivity contribution in [1.82, 2.24) is 9.88 Å². The molecule has 1 atom stereocenters. The number of nitrogen functional groups attached to an aromatic ring is 1. The van der Waals surface area contributed by atoms with Gasteiger partial charge in [-0.15, -0.1) is 0 Å². The summed E-state index contributed by atoms with van der Waals surface area (Å²) >= 11 is 0. The zero-order valence-electron chi connectivity index (χ0n) is 22.9. The maximum atomic E-state index is 14.3. The molecule has 5 rings (SSSR count). The normalized spacial score (nSPS) is 14.9. The molecular weight excluding hydrogens is 540 g/mol. The van der Waals surface area contributed by atoms with Crippen molar-refractivity contribution in [3.05, 3.63) is 129 Å². The largest absolute Gasteiger partial charge is 0.480 e. The van der Waals surface area contributed by atoms with Crippen LogP contribution in [0.4, 0.5) is 14.6 Å². The maximum Gasteiger partial charge on any atom is 0.324 e. The van der Waals surface area contributed by atoms with Crippen LogP contribution in [0, 0.1) is 17.6 Å². The summed E-state index contributed by atoms with van der Waals surface area (Å²) in [5.74, 6) is -3.71. The Morgan fingerprint density at radius 3 is 2.21 bits per heavy atom. The van der Waals surface area contributed by atoms with Crippen LogP contribution >= 0.6 is 0 Å². The second-order valence-electron chi connectivity index (χ2n) is 10.7. The number of rotatable bonds is 10. The monoisotopic (exact) mass is 571 g/mol. The molecule has 0 aliphatic heterocycles. The molecule has 1 fully saturated rings. The van der Waals surface area contributed by atoms with Crippen molar-refractivity contribution in [3.63, 3.8) is 0 Å². The summed E-state index contributed by atoms with van der Waals surface area (Å²) in [4.78, 5) is 38.6. The number of carbonyl (C=O) groups is 2. The molecule has 1 aliphatic rings. The SMILES string of the molecule is Nc1c(C(=O)c2ccc(F)cc2F)ccc(=O)n1-c1ccc(CN[C@](Cc2ccccc2)(C(=O)O)C2CCCC2)cc1. The average Bonchev–Trinajstić information content (AvgIpc) is 3.52. The van der Waals surface area contributed by atoms with Crippen LogP contribution in [0.15, 0.2) is 89.7 Å². The standard InChI is InChI=1S/C33H31F2N3O4/c34-24-12-15-26(28(35)18-24)30(40)27-16-17-29(39)38(31(27)36)25-13-10-22(11-14-25)20-37-33(32(41)42,23-8-4-5-9-23)19-21-6-2-1-3-7-21/h1-3,6-7,10-18,23,37H,4-5,8-9,19-20,36H2,(H,41,42)/t33-/m0/s1. The third kappa shape index (κ3) is 5.73. The number of carboxylic acid groups (broad SMARTS) is 1. The van der Waals surface area contributed by atoms with Crippen LogP contribution in [-0.4, -0.2) is 27.0 Å². The number of nitrogens with two attached hydrogens (primary N) is 1. The number of nitrogens with one attached hydrogen (secondary N) is 1. The first kappa shape index (κ1) is 28.9. The predicted octanol–water partition coefficient (Wildman–Crippen LogP) is 5.27. The van der Waals surface area contributed by atoms with Crippen molar-refractivity contribution >= 4 is 17.6 Å². The number of anilines is 1. The van der Waals surface area contributed by atoms with Crippen LogP contribution < -0.4 is 16.6 Å². The van der Waals surface area contributed by atoms with Gasteiger partial charge in [-0.1, -0.05) is 55.3 Å². The molecule has 0 bridgehead atoms. The van der Waals surface area contributed by atoms with Gasteiger partial charge in [0.25, 0.3) is 5.56 Å². The minimum atomic E-state index is -1.14. The molecule has 0 saturated heterocycles. The highest BCUT2D eigenvalue weighted by atomic mass is 19.1. The van der Waals surface area contributed by atoms with Crippen molar-refractivity contribution < 1.29 is 23.5 Å². The van der Waals surface area contributed by atoms with Gasteiger partial charge >= 0.3 is 5.97 Å². The number of aromatic nitrogens is 1. The Hall–Kier alpha value is -4.63. The molecule has 1 aromatic heterocycles. The third-order valence-electron chi connectivity index (χ3n) is 8.11. The van der Waals surface area contributed by atoms with Crippen LogP contribution in [-0.2, 0) is 17.8 Å². The second kappa shape index (κ2) is 12.1. The van der Waals surface area contributed by atoms with Gasteiger partial charge in [-0.05, 0) is 60.2 Å². The first-order valence-electron chi connectivity index (χ1n) is 13.8. The quantitative estimate of drug-likeness (QED) is 0.223. The van der Waals surface area contributed by atoms with Gasteiger partial charge in [0.05, 0.1) is 16.8 Å². The second-order valence-corrected chi connectivity index (χ2v) is 10.7. The number of ketones is 1. The average molecular weight is 572 g/mol. The van der Waals surface area contributed by atoms with Gasteiger partial charge in [-0.3, -0.25) is 24.3 Å². The summed E-state index contributed by atoms with van der Waals surface area (Å²) in [6.45, 7) is 0.280. The lowest BCUT2D eigenvalue weighted by atomic mass is 9.77. The summed E-state index contributed by atoms with van der Waals surface area (Å²) in [7, 11) is 0. The third-order valence-corrected chi connectivity index (χ3v) is 8.11. The highest BCUT2D eigenvalue weighted by Crippen LogP contribution is 2.37. The molecule has 3 aromatic carbocycles. The van der Waals surface area contributed by atoms with E-state index in [1.165, 1.54) is 6.07 Å². The summed E-state index contributed by atoms with van der Waals surface area (Å²) < 4.78 is 28.8. The molecule has 216 valence electrons. The number of benzene rings is 3. The number of aliphatic carboxylic acids is 1. The summed E-state index contributed by atoms with van der Waals surface area (Å²) in [6, 6.07) is 21.4. The van der Waals surface area contributed by atoms with Gasteiger partial charge in [0.15, 0.2) is 5.78 Å². The number of hydrogen-bond acceptors (Lipinski definition) is 5. The Bertz CT molecular complexity index is 1670.